The number of rotatable bonds is 2. The van der Waals surface area contributed by atoms with E-state index in [1.54, 1.807) is 0 Å². The van der Waals surface area contributed by atoms with Crippen LogP contribution in [0.3, 0.4) is 0 Å². The smallest absolute Gasteiger partial charge is 0.103 e. The molecule has 0 atom stereocenters. The Morgan fingerprint density at radius 2 is 2.11 bits per heavy atom. The maximum absolute atomic E-state index is 5.32. The summed E-state index contributed by atoms with van der Waals surface area (Å²) in [5.41, 5.74) is 0. The van der Waals surface area contributed by atoms with Gasteiger partial charge in [-0.1, -0.05) is 6.92 Å². The van der Waals surface area contributed by atoms with E-state index >= 15 is 0 Å². The van der Waals surface area contributed by atoms with Gasteiger partial charge >= 0.3 is 0 Å². The molecule has 0 spiro atoms. The van der Waals surface area contributed by atoms with Crippen molar-refractivity contribution in [3.63, 3.8) is 0 Å². The first-order valence-electron chi connectivity index (χ1n) is 3.14. The summed E-state index contributed by atoms with van der Waals surface area (Å²) in [6.07, 6.45) is 1.44. The summed E-state index contributed by atoms with van der Waals surface area (Å²) in [5.74, 6) is 1.88. The highest BCUT2D eigenvalue weighted by Gasteiger charge is 1.94. The molecule has 1 aromatic rings. The van der Waals surface area contributed by atoms with Crippen molar-refractivity contribution in [2.24, 2.45) is 0 Å². The van der Waals surface area contributed by atoms with Gasteiger partial charge in [0.15, 0.2) is 0 Å². The van der Waals surface area contributed by atoms with Crippen molar-refractivity contribution >= 4 is 7.85 Å². The predicted octanol–water partition coefficient (Wildman–Crippen LogP) is 1.51. The fourth-order valence-electron chi connectivity index (χ4n) is 0.722. The van der Waals surface area contributed by atoms with E-state index < -0.39 is 0 Å². The molecule has 0 amide bonds. The Balaban J connectivity index is 2.74. The third-order valence-corrected chi connectivity index (χ3v) is 1.27. The number of hydrogen-bond donors (Lipinski definition) is 0. The highest BCUT2D eigenvalue weighted by atomic mass is 16.3. The Labute approximate surface area is 56.5 Å². The van der Waals surface area contributed by atoms with Crippen molar-refractivity contribution in [2.75, 3.05) is 0 Å². The van der Waals surface area contributed by atoms with E-state index in [1.165, 1.54) is 0 Å². The molecule has 0 fully saturated rings. The molecule has 0 saturated heterocycles. The molecule has 9 heavy (non-hydrogen) atoms. The monoisotopic (exact) mass is 120 g/mol. The molecule has 1 nitrogen and oxygen atoms in total. The van der Waals surface area contributed by atoms with Crippen LogP contribution in [0.5, 0.6) is 0 Å². The lowest BCUT2D eigenvalue weighted by atomic mass is 10.0. The quantitative estimate of drug-likeness (QED) is 0.539. The lowest BCUT2D eigenvalue weighted by Crippen LogP contribution is -1.76. The second-order valence-electron chi connectivity index (χ2n) is 1.93. The average Bonchev–Trinajstić information content (AvgIpc) is 2.34. The van der Waals surface area contributed by atoms with Gasteiger partial charge in [0.25, 0.3) is 0 Å². The second kappa shape index (κ2) is 2.76. The van der Waals surface area contributed by atoms with Crippen molar-refractivity contribution in [2.45, 2.75) is 19.7 Å². The standard InChI is InChI=1S/C7H9BO/c1-2-6-3-4-7(5-8)9-6/h3-4H,2,5H2,1H3. The average molecular weight is 120 g/mol. The zero-order chi connectivity index (χ0) is 6.69. The highest BCUT2D eigenvalue weighted by molar-refractivity contribution is 6.08. The molecule has 0 saturated carbocycles. The van der Waals surface area contributed by atoms with Gasteiger partial charge < -0.3 is 4.42 Å². The maximum atomic E-state index is 5.32. The van der Waals surface area contributed by atoms with E-state index in [9.17, 15) is 0 Å². The molecular formula is C7H9BO. The maximum Gasteiger partial charge on any atom is 0.103 e. The van der Waals surface area contributed by atoms with Gasteiger partial charge in [0.05, 0.1) is 13.6 Å². The van der Waals surface area contributed by atoms with Gasteiger partial charge in [0.2, 0.25) is 0 Å². The summed E-state index contributed by atoms with van der Waals surface area (Å²) in [6.45, 7) is 2.05. The molecule has 0 aliphatic heterocycles. The van der Waals surface area contributed by atoms with Crippen LogP contribution in [0.4, 0.5) is 0 Å². The predicted molar refractivity (Wildman–Crippen MR) is 37.5 cm³/mol. The number of hydrogen-bond acceptors (Lipinski definition) is 1. The van der Waals surface area contributed by atoms with Crippen LogP contribution in [0.25, 0.3) is 0 Å². The Hall–Kier alpha value is -0.655. The summed E-state index contributed by atoms with van der Waals surface area (Å²) >= 11 is 0. The summed E-state index contributed by atoms with van der Waals surface area (Å²) in [5, 5.41) is 0. The fraction of sp³-hybridized carbons (Fsp3) is 0.429. The van der Waals surface area contributed by atoms with Crippen LogP contribution in [0.15, 0.2) is 16.5 Å². The molecule has 2 heteroatoms. The summed E-state index contributed by atoms with van der Waals surface area (Å²) < 4.78 is 5.26. The van der Waals surface area contributed by atoms with Crippen LogP contribution in [0.2, 0.25) is 0 Å². The van der Waals surface area contributed by atoms with E-state index in [0.29, 0.717) is 6.32 Å². The molecule has 0 bridgehead atoms. The Bertz CT molecular complexity index is 162. The summed E-state index contributed by atoms with van der Waals surface area (Å²) in [4.78, 5) is 0. The van der Waals surface area contributed by atoms with E-state index in [2.05, 4.69) is 6.92 Å². The van der Waals surface area contributed by atoms with Crippen LogP contribution < -0.4 is 0 Å². The van der Waals surface area contributed by atoms with Gasteiger partial charge in [-0.3, -0.25) is 0 Å². The van der Waals surface area contributed by atoms with Gasteiger partial charge in [-0.05, 0) is 18.5 Å². The summed E-state index contributed by atoms with van der Waals surface area (Å²) in [6, 6.07) is 3.88. The molecule has 0 unspecified atom stereocenters. The minimum atomic E-state index is 0.500. The first kappa shape index (κ1) is 6.46. The molecule has 2 radical (unpaired) electrons. The molecule has 46 valence electrons. The van der Waals surface area contributed by atoms with Crippen molar-refractivity contribution in [3.8, 4) is 0 Å². The first-order chi connectivity index (χ1) is 4.36. The first-order valence-corrected chi connectivity index (χ1v) is 3.14. The van der Waals surface area contributed by atoms with E-state index in [0.717, 1.165) is 17.9 Å². The van der Waals surface area contributed by atoms with Gasteiger partial charge in [-0.15, -0.1) is 0 Å². The number of furan rings is 1. The Morgan fingerprint density at radius 1 is 1.44 bits per heavy atom. The SMILES string of the molecule is [B]Cc1ccc(CC)o1. The lowest BCUT2D eigenvalue weighted by molar-refractivity contribution is 0.484. The van der Waals surface area contributed by atoms with E-state index in [-0.39, 0.29) is 0 Å². The highest BCUT2D eigenvalue weighted by Crippen LogP contribution is 2.06. The molecule has 0 N–H and O–H groups in total. The van der Waals surface area contributed by atoms with Crippen molar-refractivity contribution in [1.82, 2.24) is 0 Å². The minimum absolute atomic E-state index is 0.500. The normalized spacial score (nSPS) is 9.89. The largest absolute Gasteiger partial charge is 0.467 e. The molecule has 0 aliphatic carbocycles. The molecule has 1 heterocycles. The second-order valence-corrected chi connectivity index (χ2v) is 1.93. The van der Waals surface area contributed by atoms with Gasteiger partial charge in [-0.25, -0.2) is 0 Å². The van der Waals surface area contributed by atoms with E-state index in [1.807, 2.05) is 12.1 Å². The lowest BCUT2D eigenvalue weighted by Gasteiger charge is -1.86. The number of aryl methyl sites for hydroxylation is 1. The van der Waals surface area contributed by atoms with Crippen molar-refractivity contribution < 1.29 is 4.42 Å². The van der Waals surface area contributed by atoms with Crippen LogP contribution in [0, 0.1) is 0 Å². The minimum Gasteiger partial charge on any atom is -0.467 e. The zero-order valence-corrected chi connectivity index (χ0v) is 5.55. The van der Waals surface area contributed by atoms with Gasteiger partial charge in [0, 0.05) is 6.42 Å². The van der Waals surface area contributed by atoms with Crippen LogP contribution in [-0.4, -0.2) is 7.85 Å². The van der Waals surface area contributed by atoms with Crippen molar-refractivity contribution in [1.29, 1.82) is 0 Å². The van der Waals surface area contributed by atoms with Crippen LogP contribution in [-0.2, 0) is 12.7 Å². The third kappa shape index (κ3) is 1.38. The summed E-state index contributed by atoms with van der Waals surface area (Å²) in [7, 11) is 5.32. The van der Waals surface area contributed by atoms with Gasteiger partial charge in [0.1, 0.15) is 5.76 Å². The molecule has 1 aromatic heterocycles. The van der Waals surface area contributed by atoms with Crippen LogP contribution >= 0.6 is 0 Å². The van der Waals surface area contributed by atoms with Gasteiger partial charge in [-0.2, -0.15) is 0 Å². The topological polar surface area (TPSA) is 13.1 Å². The van der Waals surface area contributed by atoms with E-state index in [4.69, 9.17) is 12.3 Å². The van der Waals surface area contributed by atoms with Crippen molar-refractivity contribution in [3.05, 3.63) is 23.7 Å². The molecule has 1 rings (SSSR count). The van der Waals surface area contributed by atoms with Crippen LogP contribution in [0.1, 0.15) is 18.4 Å². The molecule has 0 aliphatic rings. The molecular weight excluding hydrogens is 111 g/mol. The zero-order valence-electron chi connectivity index (χ0n) is 5.55. The molecule has 0 aromatic carbocycles. The Kier molecular flexibility index (Phi) is 1.98. The Morgan fingerprint density at radius 3 is 2.44 bits per heavy atom. The fourth-order valence-corrected chi connectivity index (χ4v) is 0.722. The third-order valence-electron chi connectivity index (χ3n) is 1.27.